The molecular weight excluding hydrogens is 258 g/mol. The Kier molecular flexibility index (Phi) is 6.82. The van der Waals surface area contributed by atoms with Gasteiger partial charge in [-0.15, -0.1) is 11.6 Å². The van der Waals surface area contributed by atoms with Gasteiger partial charge < -0.3 is 0 Å². The monoisotopic (exact) mass is 281 g/mol. The Labute approximate surface area is 110 Å². The molecule has 1 fully saturated rings. The average Bonchev–Trinajstić information content (AvgIpc) is 2.30. The van der Waals surface area contributed by atoms with Crippen LogP contribution in [0.2, 0.25) is 0 Å². The molecule has 1 aliphatic carbocycles. The third kappa shape index (κ3) is 6.07. The van der Waals surface area contributed by atoms with E-state index in [2.05, 4.69) is 4.72 Å². The van der Waals surface area contributed by atoms with Gasteiger partial charge in [-0.1, -0.05) is 19.3 Å². The van der Waals surface area contributed by atoms with Crippen LogP contribution in [-0.4, -0.2) is 26.1 Å². The highest BCUT2D eigenvalue weighted by Crippen LogP contribution is 2.26. The van der Waals surface area contributed by atoms with Crippen molar-refractivity contribution in [3.05, 3.63) is 0 Å². The van der Waals surface area contributed by atoms with E-state index in [1.54, 1.807) is 0 Å². The van der Waals surface area contributed by atoms with Crippen LogP contribution in [-0.2, 0) is 10.0 Å². The lowest BCUT2D eigenvalue weighted by molar-refractivity contribution is 0.303. The Morgan fingerprint density at radius 1 is 1.24 bits per heavy atom. The maximum absolute atomic E-state index is 11.8. The second-order valence-electron chi connectivity index (χ2n) is 5.02. The zero-order chi connectivity index (χ0) is 12.7. The highest BCUT2D eigenvalue weighted by molar-refractivity contribution is 7.89. The van der Waals surface area contributed by atoms with E-state index in [0.29, 0.717) is 18.2 Å². The van der Waals surface area contributed by atoms with Crippen molar-refractivity contribution in [1.82, 2.24) is 4.72 Å². The molecule has 17 heavy (non-hydrogen) atoms. The molecule has 102 valence electrons. The summed E-state index contributed by atoms with van der Waals surface area (Å²) in [6.07, 6.45) is 7.50. The summed E-state index contributed by atoms with van der Waals surface area (Å²) >= 11 is 5.54. The van der Waals surface area contributed by atoms with Crippen molar-refractivity contribution in [3.8, 4) is 0 Å². The molecule has 0 bridgehead atoms. The molecule has 5 heteroatoms. The zero-order valence-corrected chi connectivity index (χ0v) is 12.2. The van der Waals surface area contributed by atoms with E-state index in [9.17, 15) is 8.42 Å². The zero-order valence-electron chi connectivity index (χ0n) is 10.6. The summed E-state index contributed by atoms with van der Waals surface area (Å²) in [4.78, 5) is 0. The summed E-state index contributed by atoms with van der Waals surface area (Å²) in [7, 11) is -3.11. The summed E-state index contributed by atoms with van der Waals surface area (Å²) in [5.74, 6) is 1.26. The minimum Gasteiger partial charge on any atom is -0.212 e. The fourth-order valence-electron chi connectivity index (χ4n) is 2.46. The second kappa shape index (κ2) is 7.59. The Balaban J connectivity index is 2.34. The Morgan fingerprint density at radius 3 is 2.47 bits per heavy atom. The van der Waals surface area contributed by atoms with Crippen molar-refractivity contribution in [2.45, 2.75) is 57.9 Å². The standard InChI is InChI=1S/C12H24ClNO2S/c1-11(12-7-3-2-4-8-12)14-17(15,16)10-6-5-9-13/h11-12,14H,2-10H2,1H3. The molecule has 1 saturated carbocycles. The van der Waals surface area contributed by atoms with Gasteiger partial charge in [0.05, 0.1) is 5.75 Å². The number of hydrogen-bond donors (Lipinski definition) is 1. The van der Waals surface area contributed by atoms with Crippen molar-refractivity contribution < 1.29 is 8.42 Å². The fourth-order valence-corrected chi connectivity index (χ4v) is 4.11. The molecular formula is C12H24ClNO2S. The van der Waals surface area contributed by atoms with Crippen molar-refractivity contribution >= 4 is 21.6 Å². The highest BCUT2D eigenvalue weighted by atomic mass is 35.5. The first-order valence-electron chi connectivity index (χ1n) is 6.61. The van der Waals surface area contributed by atoms with Gasteiger partial charge in [0.15, 0.2) is 0 Å². The molecule has 3 nitrogen and oxygen atoms in total. The highest BCUT2D eigenvalue weighted by Gasteiger charge is 2.23. The normalized spacial score (nSPS) is 20.4. The number of unbranched alkanes of at least 4 members (excludes halogenated alkanes) is 1. The van der Waals surface area contributed by atoms with Crippen LogP contribution >= 0.6 is 11.6 Å². The third-order valence-electron chi connectivity index (χ3n) is 3.52. The van der Waals surface area contributed by atoms with E-state index in [-0.39, 0.29) is 11.8 Å². The van der Waals surface area contributed by atoms with E-state index in [1.165, 1.54) is 19.3 Å². The van der Waals surface area contributed by atoms with Gasteiger partial charge in [-0.2, -0.15) is 0 Å². The quantitative estimate of drug-likeness (QED) is 0.576. The van der Waals surface area contributed by atoms with E-state index < -0.39 is 10.0 Å². The maximum Gasteiger partial charge on any atom is 0.211 e. The van der Waals surface area contributed by atoms with Crippen LogP contribution in [0.4, 0.5) is 0 Å². The maximum atomic E-state index is 11.8. The van der Waals surface area contributed by atoms with Crippen LogP contribution in [0.3, 0.4) is 0 Å². The SMILES string of the molecule is CC(NS(=O)(=O)CCCCCl)C1CCCCC1. The predicted octanol–water partition coefficient (Wildman–Crippen LogP) is 2.89. The fraction of sp³-hybridized carbons (Fsp3) is 1.00. The largest absolute Gasteiger partial charge is 0.212 e. The van der Waals surface area contributed by atoms with Gasteiger partial charge in [0, 0.05) is 11.9 Å². The van der Waals surface area contributed by atoms with Crippen LogP contribution in [0.25, 0.3) is 0 Å². The lowest BCUT2D eigenvalue weighted by atomic mass is 9.85. The molecule has 0 amide bonds. The summed E-state index contributed by atoms with van der Waals surface area (Å²) in [6.45, 7) is 2.00. The van der Waals surface area contributed by atoms with Crippen LogP contribution in [0.15, 0.2) is 0 Å². The number of nitrogens with one attached hydrogen (secondary N) is 1. The Morgan fingerprint density at radius 2 is 1.88 bits per heavy atom. The molecule has 0 aromatic heterocycles. The summed E-state index contributed by atoms with van der Waals surface area (Å²) in [6, 6.07) is 0.0799. The minimum absolute atomic E-state index is 0.0799. The van der Waals surface area contributed by atoms with Crippen molar-refractivity contribution in [2.75, 3.05) is 11.6 Å². The molecule has 1 rings (SSSR count). The summed E-state index contributed by atoms with van der Waals surface area (Å²) in [5.41, 5.74) is 0. The Hall–Kier alpha value is 0.200. The van der Waals surface area contributed by atoms with Crippen LogP contribution in [0.5, 0.6) is 0 Å². The average molecular weight is 282 g/mol. The van der Waals surface area contributed by atoms with Crippen LogP contribution < -0.4 is 4.72 Å². The van der Waals surface area contributed by atoms with Crippen molar-refractivity contribution in [1.29, 1.82) is 0 Å². The number of halogens is 1. The van der Waals surface area contributed by atoms with E-state index in [0.717, 1.165) is 19.3 Å². The molecule has 1 N–H and O–H groups in total. The molecule has 0 aromatic carbocycles. The van der Waals surface area contributed by atoms with E-state index in [1.807, 2.05) is 6.92 Å². The van der Waals surface area contributed by atoms with Gasteiger partial charge >= 0.3 is 0 Å². The first-order chi connectivity index (χ1) is 8.05. The molecule has 0 aliphatic heterocycles. The van der Waals surface area contributed by atoms with Gasteiger partial charge in [0.2, 0.25) is 10.0 Å². The number of rotatable bonds is 7. The predicted molar refractivity (Wildman–Crippen MR) is 72.9 cm³/mol. The van der Waals surface area contributed by atoms with Crippen molar-refractivity contribution in [2.24, 2.45) is 5.92 Å². The first-order valence-corrected chi connectivity index (χ1v) is 8.80. The molecule has 0 aromatic rings. The summed E-state index contributed by atoms with van der Waals surface area (Å²) in [5, 5.41) is 0. The first kappa shape index (κ1) is 15.3. The number of alkyl halides is 1. The number of hydrogen-bond acceptors (Lipinski definition) is 2. The summed E-state index contributed by atoms with van der Waals surface area (Å²) < 4.78 is 26.4. The van der Waals surface area contributed by atoms with Gasteiger partial charge in [0.25, 0.3) is 0 Å². The van der Waals surface area contributed by atoms with Crippen molar-refractivity contribution in [3.63, 3.8) is 0 Å². The second-order valence-corrected chi connectivity index (χ2v) is 7.27. The Bertz CT molecular complexity index is 300. The molecule has 1 aliphatic rings. The van der Waals surface area contributed by atoms with Gasteiger partial charge in [0.1, 0.15) is 0 Å². The lowest BCUT2D eigenvalue weighted by Gasteiger charge is -2.28. The molecule has 0 spiro atoms. The van der Waals surface area contributed by atoms with E-state index >= 15 is 0 Å². The third-order valence-corrected chi connectivity index (χ3v) is 5.34. The lowest BCUT2D eigenvalue weighted by Crippen LogP contribution is -2.40. The smallest absolute Gasteiger partial charge is 0.211 e. The van der Waals surface area contributed by atoms with Gasteiger partial charge in [-0.25, -0.2) is 13.1 Å². The molecule has 0 heterocycles. The topological polar surface area (TPSA) is 46.2 Å². The molecule has 1 unspecified atom stereocenters. The van der Waals surface area contributed by atoms with Crippen LogP contribution in [0, 0.1) is 5.92 Å². The number of sulfonamides is 1. The molecule has 0 saturated heterocycles. The van der Waals surface area contributed by atoms with Gasteiger partial charge in [-0.05, 0) is 38.5 Å². The molecule has 0 radical (unpaired) electrons. The van der Waals surface area contributed by atoms with Crippen LogP contribution in [0.1, 0.15) is 51.9 Å². The van der Waals surface area contributed by atoms with E-state index in [4.69, 9.17) is 11.6 Å². The molecule has 1 atom stereocenters. The minimum atomic E-state index is -3.11. The van der Waals surface area contributed by atoms with Gasteiger partial charge in [-0.3, -0.25) is 0 Å².